The average molecular weight is 384 g/mol. The van der Waals surface area contributed by atoms with E-state index in [0.29, 0.717) is 18.3 Å². The zero-order chi connectivity index (χ0) is 19.8. The van der Waals surface area contributed by atoms with Crippen molar-refractivity contribution in [2.75, 3.05) is 20.2 Å². The highest BCUT2D eigenvalue weighted by Gasteiger charge is 2.43. The summed E-state index contributed by atoms with van der Waals surface area (Å²) in [7, 11) is 1.70. The van der Waals surface area contributed by atoms with Crippen molar-refractivity contribution in [3.63, 3.8) is 0 Å². The monoisotopic (exact) mass is 384 g/mol. The molecule has 7 heteroatoms. The van der Waals surface area contributed by atoms with Crippen LogP contribution in [0.2, 0.25) is 0 Å². The number of likely N-dealkylation sites (tertiary alicyclic amines) is 1. The van der Waals surface area contributed by atoms with Crippen LogP contribution in [0.15, 0.2) is 24.5 Å². The lowest BCUT2D eigenvalue weighted by molar-refractivity contribution is -0.129. The average Bonchev–Trinajstić information content (AvgIpc) is 3.25. The van der Waals surface area contributed by atoms with Crippen molar-refractivity contribution in [1.82, 2.24) is 19.6 Å². The minimum absolute atomic E-state index is 0.0157. The second-order valence-electron chi connectivity index (χ2n) is 8.18. The maximum absolute atomic E-state index is 13.0. The molecule has 0 spiro atoms. The molecule has 0 bridgehead atoms. The van der Waals surface area contributed by atoms with Crippen molar-refractivity contribution < 1.29 is 14.3 Å². The third kappa shape index (κ3) is 3.51. The van der Waals surface area contributed by atoms with Gasteiger partial charge in [0.1, 0.15) is 5.65 Å². The van der Waals surface area contributed by atoms with Crippen molar-refractivity contribution in [2.45, 2.75) is 45.3 Å². The fourth-order valence-electron chi connectivity index (χ4n) is 4.89. The summed E-state index contributed by atoms with van der Waals surface area (Å²) < 4.78 is 7.63. The number of carbonyl (C=O) groups is 2. The molecule has 0 aromatic carbocycles. The number of nitrogens with one attached hydrogen (secondary N) is 1. The van der Waals surface area contributed by atoms with Gasteiger partial charge in [0.05, 0.1) is 24.3 Å². The van der Waals surface area contributed by atoms with Crippen LogP contribution in [0.1, 0.15) is 31.0 Å². The van der Waals surface area contributed by atoms with Gasteiger partial charge in [-0.05, 0) is 43.2 Å². The summed E-state index contributed by atoms with van der Waals surface area (Å²) in [4.78, 5) is 30.9. The first-order valence-electron chi connectivity index (χ1n) is 9.95. The van der Waals surface area contributed by atoms with Crippen molar-refractivity contribution in [2.24, 2.45) is 11.8 Å². The van der Waals surface area contributed by atoms with Crippen LogP contribution in [-0.4, -0.2) is 58.4 Å². The third-order valence-corrected chi connectivity index (χ3v) is 6.30. The van der Waals surface area contributed by atoms with Gasteiger partial charge in [-0.2, -0.15) is 0 Å². The number of nitrogens with zero attached hydrogens (tertiary/aromatic N) is 3. The lowest BCUT2D eigenvalue weighted by atomic mass is 9.77. The number of pyridine rings is 1. The molecule has 2 aliphatic rings. The van der Waals surface area contributed by atoms with E-state index in [0.717, 1.165) is 42.8 Å². The quantitative estimate of drug-likeness (QED) is 0.868. The van der Waals surface area contributed by atoms with E-state index in [1.807, 2.05) is 34.6 Å². The van der Waals surface area contributed by atoms with E-state index in [-0.39, 0.29) is 24.0 Å². The van der Waals surface area contributed by atoms with Crippen molar-refractivity contribution in [3.8, 4) is 0 Å². The van der Waals surface area contributed by atoms with Crippen LogP contribution in [0.3, 0.4) is 0 Å². The number of aryl methyl sites for hydroxylation is 1. The van der Waals surface area contributed by atoms with E-state index < -0.39 is 0 Å². The minimum atomic E-state index is -0.0284. The van der Waals surface area contributed by atoms with Crippen LogP contribution >= 0.6 is 0 Å². The molecular weight excluding hydrogens is 356 g/mol. The fourth-order valence-corrected chi connectivity index (χ4v) is 4.89. The Labute approximate surface area is 165 Å². The predicted molar refractivity (Wildman–Crippen MR) is 105 cm³/mol. The summed E-state index contributed by atoms with van der Waals surface area (Å²) in [6, 6.07) is 4.03. The Balaban J connectivity index is 1.44. The molecule has 1 aliphatic heterocycles. The summed E-state index contributed by atoms with van der Waals surface area (Å²) in [5, 5.41) is 3.02. The topological polar surface area (TPSA) is 75.9 Å². The summed E-state index contributed by atoms with van der Waals surface area (Å²) in [5.74, 6) is 0.960. The molecule has 4 atom stereocenters. The number of methoxy groups -OCH3 is 1. The zero-order valence-electron chi connectivity index (χ0n) is 16.7. The highest BCUT2D eigenvalue weighted by Crippen LogP contribution is 2.37. The van der Waals surface area contributed by atoms with Crippen LogP contribution in [0, 0.1) is 18.8 Å². The van der Waals surface area contributed by atoms with Crippen LogP contribution in [0.4, 0.5) is 0 Å². The van der Waals surface area contributed by atoms with E-state index in [1.165, 1.54) is 0 Å². The minimum Gasteiger partial charge on any atom is -0.379 e. The molecule has 2 fully saturated rings. The summed E-state index contributed by atoms with van der Waals surface area (Å²) in [5.41, 5.74) is 2.92. The van der Waals surface area contributed by atoms with Gasteiger partial charge >= 0.3 is 0 Å². The molecule has 28 heavy (non-hydrogen) atoms. The third-order valence-electron chi connectivity index (χ3n) is 6.30. The first-order valence-corrected chi connectivity index (χ1v) is 9.95. The van der Waals surface area contributed by atoms with Gasteiger partial charge in [-0.3, -0.25) is 9.59 Å². The van der Waals surface area contributed by atoms with E-state index in [9.17, 15) is 9.59 Å². The van der Waals surface area contributed by atoms with Gasteiger partial charge in [-0.1, -0.05) is 6.07 Å². The van der Waals surface area contributed by atoms with E-state index >= 15 is 0 Å². The highest BCUT2D eigenvalue weighted by molar-refractivity contribution is 5.79. The van der Waals surface area contributed by atoms with Gasteiger partial charge in [0, 0.05) is 39.5 Å². The van der Waals surface area contributed by atoms with E-state index in [4.69, 9.17) is 4.74 Å². The number of hydrogen-bond donors (Lipinski definition) is 1. The number of fused-ring (bicyclic) bond motifs is 2. The molecular formula is C21H28N4O3. The zero-order valence-corrected chi connectivity index (χ0v) is 16.7. The summed E-state index contributed by atoms with van der Waals surface area (Å²) >= 11 is 0. The highest BCUT2D eigenvalue weighted by atomic mass is 16.5. The molecule has 2 amide bonds. The Hall–Kier alpha value is -2.41. The van der Waals surface area contributed by atoms with E-state index in [1.54, 1.807) is 20.2 Å². The van der Waals surface area contributed by atoms with Gasteiger partial charge in [-0.25, -0.2) is 4.98 Å². The summed E-state index contributed by atoms with van der Waals surface area (Å²) in [6.45, 7) is 5.09. The first-order chi connectivity index (χ1) is 13.5. The Morgan fingerprint density at radius 3 is 2.75 bits per heavy atom. The number of imidazole rings is 1. The predicted octanol–water partition coefficient (Wildman–Crippen LogP) is 1.57. The van der Waals surface area contributed by atoms with Gasteiger partial charge in [0.25, 0.3) is 0 Å². The number of aromatic nitrogens is 2. The standard InChI is InChI=1S/C21H28N4O3/c1-13-5-4-6-25-17(10-22-21(13)25)9-20(27)24-11-15-7-18(23-14(2)26)19(28-3)8-16(15)12-24/h4-6,10,15-16,18-19H,7-9,11-12H2,1-3H3,(H,23,26)/t15-,16+,18-,19-/m1/s1. The molecule has 1 aliphatic carbocycles. The molecule has 0 radical (unpaired) electrons. The molecule has 4 rings (SSSR count). The maximum Gasteiger partial charge on any atom is 0.228 e. The van der Waals surface area contributed by atoms with Crippen LogP contribution < -0.4 is 5.32 Å². The molecule has 0 unspecified atom stereocenters. The van der Waals surface area contributed by atoms with Gasteiger partial charge in [-0.15, -0.1) is 0 Å². The van der Waals surface area contributed by atoms with Gasteiger partial charge in [0.15, 0.2) is 0 Å². The molecule has 3 heterocycles. The van der Waals surface area contributed by atoms with Crippen LogP contribution in [0.25, 0.3) is 5.65 Å². The molecule has 150 valence electrons. The molecule has 7 nitrogen and oxygen atoms in total. The van der Waals surface area contributed by atoms with Gasteiger partial charge < -0.3 is 19.4 Å². The smallest absolute Gasteiger partial charge is 0.228 e. The number of ether oxygens (including phenoxy) is 1. The number of carbonyl (C=O) groups excluding carboxylic acids is 2. The van der Waals surface area contributed by atoms with Gasteiger partial charge in [0.2, 0.25) is 11.8 Å². The van der Waals surface area contributed by atoms with E-state index in [2.05, 4.69) is 10.3 Å². The second-order valence-corrected chi connectivity index (χ2v) is 8.18. The number of amides is 2. The largest absolute Gasteiger partial charge is 0.379 e. The number of hydrogen-bond acceptors (Lipinski definition) is 4. The molecule has 1 saturated carbocycles. The number of rotatable bonds is 4. The first kappa shape index (κ1) is 18.9. The van der Waals surface area contributed by atoms with Crippen molar-refractivity contribution >= 4 is 17.5 Å². The summed E-state index contributed by atoms with van der Waals surface area (Å²) in [6.07, 6.45) is 5.88. The molecule has 1 N–H and O–H groups in total. The Morgan fingerprint density at radius 2 is 2.04 bits per heavy atom. The lowest BCUT2D eigenvalue weighted by Gasteiger charge is -2.37. The maximum atomic E-state index is 13.0. The second kappa shape index (κ2) is 7.54. The molecule has 2 aromatic heterocycles. The fraction of sp³-hybridized carbons (Fsp3) is 0.571. The van der Waals surface area contributed by atoms with Crippen molar-refractivity contribution in [1.29, 1.82) is 0 Å². The Bertz CT molecular complexity index is 893. The van der Waals surface area contributed by atoms with Crippen LogP contribution in [-0.2, 0) is 20.7 Å². The lowest BCUT2D eigenvalue weighted by Crippen LogP contribution is -2.49. The Kier molecular flexibility index (Phi) is 5.10. The molecule has 2 aromatic rings. The van der Waals surface area contributed by atoms with Crippen LogP contribution in [0.5, 0.6) is 0 Å². The molecule has 1 saturated heterocycles. The Morgan fingerprint density at radius 1 is 1.29 bits per heavy atom. The normalized spacial score (nSPS) is 27.0. The SMILES string of the molecule is CO[C@@H]1C[C@H]2CN(C(=O)Cc3cnc4c(C)cccn34)C[C@H]2C[C@H]1NC(C)=O. The van der Waals surface area contributed by atoms with Crippen molar-refractivity contribution in [3.05, 3.63) is 35.8 Å².